The summed E-state index contributed by atoms with van der Waals surface area (Å²) in [6.45, 7) is 0. The molecule has 3 nitrogen and oxygen atoms in total. The zero-order valence-electron chi connectivity index (χ0n) is 13.4. The van der Waals surface area contributed by atoms with Gasteiger partial charge < -0.3 is 14.2 Å². The Morgan fingerprint density at radius 3 is 1.91 bits per heavy atom. The second-order valence-corrected chi connectivity index (χ2v) is 8.88. The van der Waals surface area contributed by atoms with Crippen LogP contribution in [0.4, 0.5) is 0 Å². The fourth-order valence-corrected chi connectivity index (χ4v) is 6.55. The first-order valence-electron chi connectivity index (χ1n) is 9.83. The fraction of sp³-hybridized carbons (Fsp3) is 1.00. The van der Waals surface area contributed by atoms with Crippen molar-refractivity contribution in [2.24, 2.45) is 23.7 Å². The summed E-state index contributed by atoms with van der Waals surface area (Å²) in [5.74, 6) is 3.54. The molecule has 22 heavy (non-hydrogen) atoms. The molecule has 9 atom stereocenters. The van der Waals surface area contributed by atoms with Crippen LogP contribution >= 0.6 is 0 Å². The lowest BCUT2D eigenvalue weighted by Gasteiger charge is -2.41. The molecule has 6 fully saturated rings. The van der Waals surface area contributed by atoms with Crippen LogP contribution in [0.5, 0.6) is 0 Å². The maximum Gasteiger partial charge on any atom is 0.0872 e. The number of epoxide rings is 3. The lowest BCUT2D eigenvalue weighted by atomic mass is 9.62. The van der Waals surface area contributed by atoms with Gasteiger partial charge in [-0.15, -0.1) is 0 Å². The average Bonchev–Trinajstić information content (AvgIpc) is 3.42. The number of ether oxygens (including phenoxy) is 3. The predicted molar refractivity (Wildman–Crippen MR) is 81.5 cm³/mol. The quantitative estimate of drug-likeness (QED) is 0.751. The molecule has 6 rings (SSSR count). The normalized spacial score (nSPS) is 59.7. The van der Waals surface area contributed by atoms with Gasteiger partial charge in [-0.05, 0) is 75.0 Å². The van der Waals surface area contributed by atoms with Crippen molar-refractivity contribution in [1.82, 2.24) is 0 Å². The molecule has 6 aliphatic rings. The third-order valence-corrected chi connectivity index (χ3v) is 7.74. The highest BCUT2D eigenvalue weighted by Crippen LogP contribution is 2.55. The van der Waals surface area contributed by atoms with Crippen LogP contribution in [-0.4, -0.2) is 36.6 Å². The van der Waals surface area contributed by atoms with Gasteiger partial charge >= 0.3 is 0 Å². The molecule has 0 N–H and O–H groups in total. The van der Waals surface area contributed by atoms with Crippen molar-refractivity contribution in [2.45, 2.75) is 94.4 Å². The summed E-state index contributed by atoms with van der Waals surface area (Å²) in [6.07, 6.45) is 16.0. The van der Waals surface area contributed by atoms with E-state index in [9.17, 15) is 0 Å². The van der Waals surface area contributed by atoms with Crippen molar-refractivity contribution < 1.29 is 14.2 Å². The molecule has 0 aromatic rings. The fourth-order valence-electron chi connectivity index (χ4n) is 6.55. The van der Waals surface area contributed by atoms with Gasteiger partial charge in [-0.1, -0.05) is 6.42 Å². The van der Waals surface area contributed by atoms with Gasteiger partial charge in [-0.2, -0.15) is 0 Å². The van der Waals surface area contributed by atoms with Crippen LogP contribution in [0.25, 0.3) is 0 Å². The second kappa shape index (κ2) is 4.70. The number of fused-ring (bicyclic) bond motifs is 3. The Labute approximate surface area is 133 Å². The Kier molecular flexibility index (Phi) is 2.82. The number of hydrogen-bond acceptors (Lipinski definition) is 3. The van der Waals surface area contributed by atoms with Crippen LogP contribution < -0.4 is 0 Å². The monoisotopic (exact) mass is 304 g/mol. The van der Waals surface area contributed by atoms with E-state index in [4.69, 9.17) is 14.2 Å². The minimum atomic E-state index is 0.620. The highest BCUT2D eigenvalue weighted by atomic mass is 16.6. The van der Waals surface area contributed by atoms with Crippen molar-refractivity contribution in [3.63, 3.8) is 0 Å². The number of rotatable bonds is 3. The summed E-state index contributed by atoms with van der Waals surface area (Å²) in [7, 11) is 0. The molecular weight excluding hydrogens is 276 g/mol. The van der Waals surface area contributed by atoms with E-state index in [1.54, 1.807) is 0 Å². The van der Waals surface area contributed by atoms with Crippen LogP contribution in [0.3, 0.4) is 0 Å². The van der Waals surface area contributed by atoms with E-state index in [1.807, 2.05) is 0 Å². The summed E-state index contributed by atoms with van der Waals surface area (Å²) < 4.78 is 17.8. The Balaban J connectivity index is 1.26. The standard InChI is InChI=1S/C19H28O3/c1-2-12(19-15(3-1)22-19)18(10-4-6-13-16(8-10)20-13)11-5-7-14-17(9-11)21-14/h10-19H,1-9H2. The first kappa shape index (κ1) is 13.2. The Hall–Kier alpha value is -0.120. The molecule has 0 amide bonds. The molecule has 0 spiro atoms. The summed E-state index contributed by atoms with van der Waals surface area (Å²) in [6, 6.07) is 0. The van der Waals surface area contributed by atoms with Crippen LogP contribution in [0, 0.1) is 23.7 Å². The summed E-state index contributed by atoms with van der Waals surface area (Å²) >= 11 is 0. The predicted octanol–water partition coefficient (Wildman–Crippen LogP) is 3.31. The molecule has 0 bridgehead atoms. The minimum absolute atomic E-state index is 0.620. The first-order valence-corrected chi connectivity index (χ1v) is 9.83. The molecule has 3 heteroatoms. The Bertz CT molecular complexity index is 438. The van der Waals surface area contributed by atoms with E-state index in [0.29, 0.717) is 36.6 Å². The molecule has 3 heterocycles. The zero-order valence-corrected chi connectivity index (χ0v) is 13.4. The van der Waals surface area contributed by atoms with E-state index in [1.165, 1.54) is 57.8 Å². The highest BCUT2D eigenvalue weighted by molar-refractivity contribution is 5.05. The third kappa shape index (κ3) is 2.12. The Morgan fingerprint density at radius 1 is 0.591 bits per heavy atom. The third-order valence-electron chi connectivity index (χ3n) is 7.74. The largest absolute Gasteiger partial charge is 0.370 e. The molecule has 3 saturated carbocycles. The van der Waals surface area contributed by atoms with Crippen molar-refractivity contribution >= 4 is 0 Å². The lowest BCUT2D eigenvalue weighted by molar-refractivity contribution is 0.0719. The Morgan fingerprint density at radius 2 is 1.27 bits per heavy atom. The van der Waals surface area contributed by atoms with Crippen molar-refractivity contribution in [3.8, 4) is 0 Å². The van der Waals surface area contributed by atoms with Gasteiger partial charge in [-0.3, -0.25) is 0 Å². The van der Waals surface area contributed by atoms with Gasteiger partial charge in [0.25, 0.3) is 0 Å². The smallest absolute Gasteiger partial charge is 0.0872 e. The van der Waals surface area contributed by atoms with Gasteiger partial charge in [-0.25, -0.2) is 0 Å². The van der Waals surface area contributed by atoms with E-state index in [2.05, 4.69) is 0 Å². The molecule has 3 saturated heterocycles. The van der Waals surface area contributed by atoms with E-state index >= 15 is 0 Å². The van der Waals surface area contributed by atoms with Crippen molar-refractivity contribution in [3.05, 3.63) is 0 Å². The molecule has 9 unspecified atom stereocenters. The van der Waals surface area contributed by atoms with Crippen LogP contribution in [0.2, 0.25) is 0 Å². The van der Waals surface area contributed by atoms with Crippen LogP contribution in [0.1, 0.15) is 57.8 Å². The molecule has 3 aliphatic carbocycles. The summed E-state index contributed by atoms with van der Waals surface area (Å²) in [4.78, 5) is 0. The van der Waals surface area contributed by atoms with Gasteiger partial charge in [0.1, 0.15) is 0 Å². The summed E-state index contributed by atoms with van der Waals surface area (Å²) in [5, 5.41) is 0. The van der Waals surface area contributed by atoms with E-state index < -0.39 is 0 Å². The molecule has 0 aromatic heterocycles. The molecular formula is C19H28O3. The molecule has 122 valence electrons. The minimum Gasteiger partial charge on any atom is -0.370 e. The summed E-state index contributed by atoms with van der Waals surface area (Å²) in [5.41, 5.74) is 0. The van der Waals surface area contributed by atoms with Crippen LogP contribution in [-0.2, 0) is 14.2 Å². The van der Waals surface area contributed by atoms with E-state index in [0.717, 1.165) is 23.7 Å². The maximum absolute atomic E-state index is 6.07. The topological polar surface area (TPSA) is 37.6 Å². The highest BCUT2D eigenvalue weighted by Gasteiger charge is 2.56. The van der Waals surface area contributed by atoms with Crippen molar-refractivity contribution in [2.75, 3.05) is 0 Å². The lowest BCUT2D eigenvalue weighted by Crippen LogP contribution is -2.39. The second-order valence-electron chi connectivity index (χ2n) is 8.88. The van der Waals surface area contributed by atoms with Crippen LogP contribution in [0.15, 0.2) is 0 Å². The van der Waals surface area contributed by atoms with Gasteiger partial charge in [0, 0.05) is 0 Å². The maximum atomic E-state index is 6.07. The van der Waals surface area contributed by atoms with Gasteiger partial charge in [0.05, 0.1) is 36.6 Å². The van der Waals surface area contributed by atoms with Crippen molar-refractivity contribution in [1.29, 1.82) is 0 Å². The SMILES string of the molecule is C1CC2OC2C(C(C2CCC3OC3C2)C2CCC3OC3C2)C1. The molecule has 0 aromatic carbocycles. The first-order chi connectivity index (χ1) is 10.9. The van der Waals surface area contributed by atoms with E-state index in [-0.39, 0.29) is 0 Å². The van der Waals surface area contributed by atoms with Gasteiger partial charge in [0.15, 0.2) is 0 Å². The number of hydrogen-bond donors (Lipinski definition) is 0. The molecule has 3 aliphatic heterocycles. The average molecular weight is 304 g/mol. The zero-order chi connectivity index (χ0) is 14.3. The van der Waals surface area contributed by atoms with Gasteiger partial charge in [0.2, 0.25) is 0 Å². The molecule has 0 radical (unpaired) electrons.